The Labute approximate surface area is 184 Å². The second kappa shape index (κ2) is 10.2. The molecule has 0 radical (unpaired) electrons. The quantitative estimate of drug-likeness (QED) is 0.589. The summed E-state index contributed by atoms with van der Waals surface area (Å²) in [6.45, 7) is 0.638. The van der Waals surface area contributed by atoms with Crippen molar-refractivity contribution in [2.45, 2.75) is 24.3 Å². The van der Waals surface area contributed by atoms with E-state index in [1.54, 1.807) is 36.0 Å². The van der Waals surface area contributed by atoms with Gasteiger partial charge >= 0.3 is 0 Å². The highest BCUT2D eigenvalue weighted by molar-refractivity contribution is 7.98. The first-order valence-electron chi connectivity index (χ1n) is 9.70. The van der Waals surface area contributed by atoms with Crippen LogP contribution in [0.5, 0.6) is 5.75 Å². The molecule has 10 heteroatoms. The van der Waals surface area contributed by atoms with Crippen LogP contribution in [0.2, 0.25) is 0 Å². The number of thioether (sulfide) groups is 1. The Balaban J connectivity index is 2.04. The lowest BCUT2D eigenvalue weighted by Gasteiger charge is -2.45. The van der Waals surface area contributed by atoms with Crippen LogP contribution < -0.4 is 15.6 Å². The van der Waals surface area contributed by atoms with Crippen molar-refractivity contribution >= 4 is 17.6 Å². The van der Waals surface area contributed by atoms with Gasteiger partial charge in [-0.3, -0.25) is 4.79 Å². The topological polar surface area (TPSA) is 119 Å². The highest BCUT2D eigenvalue weighted by Crippen LogP contribution is 2.42. The van der Waals surface area contributed by atoms with Gasteiger partial charge in [0.15, 0.2) is 5.60 Å². The lowest BCUT2D eigenvalue weighted by atomic mass is 9.84. The molecule has 31 heavy (non-hydrogen) atoms. The fourth-order valence-corrected chi connectivity index (χ4v) is 4.00. The number of aryl methyl sites for hydroxylation is 1. The van der Waals surface area contributed by atoms with E-state index in [0.717, 1.165) is 5.75 Å². The van der Waals surface area contributed by atoms with Crippen molar-refractivity contribution in [3.63, 3.8) is 0 Å². The summed E-state index contributed by atoms with van der Waals surface area (Å²) >= 11 is 1.62. The molecule has 1 aromatic heterocycles. The standard InChI is InChI=1S/C21H26N4O5S/c1-28-12-21(13-29-2)20(27)19(15-10-14(11-22)4-5-16(15)30-21)23-17-6-7-18(26)25(24-17)8-9-31-3/h4-7,10,19-20,27H,8-9,12-13H2,1-3H3,(H,23,24)/t19-,20+/m1/s1. The minimum atomic E-state index is -1.17. The van der Waals surface area contributed by atoms with E-state index in [1.807, 2.05) is 6.26 Å². The zero-order chi connectivity index (χ0) is 22.4. The number of methoxy groups -OCH3 is 2. The Bertz CT molecular complexity index is 1000. The molecule has 2 heterocycles. The van der Waals surface area contributed by atoms with Crippen molar-refractivity contribution in [1.29, 1.82) is 5.26 Å². The van der Waals surface area contributed by atoms with Gasteiger partial charge in [0, 0.05) is 31.6 Å². The van der Waals surface area contributed by atoms with Gasteiger partial charge in [-0.15, -0.1) is 0 Å². The third kappa shape index (κ3) is 4.85. The van der Waals surface area contributed by atoms with Gasteiger partial charge in [0.2, 0.25) is 0 Å². The predicted molar refractivity (Wildman–Crippen MR) is 118 cm³/mol. The van der Waals surface area contributed by atoms with Crippen LogP contribution in [0, 0.1) is 11.3 Å². The molecule has 1 aromatic carbocycles. The van der Waals surface area contributed by atoms with Crippen molar-refractivity contribution in [3.05, 3.63) is 51.8 Å². The zero-order valence-electron chi connectivity index (χ0n) is 17.7. The summed E-state index contributed by atoms with van der Waals surface area (Å²) in [5, 5.41) is 28.3. The second-order valence-corrected chi connectivity index (χ2v) is 8.22. The minimum Gasteiger partial charge on any atom is -0.479 e. The largest absolute Gasteiger partial charge is 0.479 e. The number of nitrogens with one attached hydrogen (secondary N) is 1. The van der Waals surface area contributed by atoms with Gasteiger partial charge in [-0.05, 0) is 30.5 Å². The molecule has 3 rings (SSSR count). The summed E-state index contributed by atoms with van der Waals surface area (Å²) < 4.78 is 18.2. The van der Waals surface area contributed by atoms with E-state index >= 15 is 0 Å². The third-order valence-corrected chi connectivity index (χ3v) is 5.69. The van der Waals surface area contributed by atoms with Crippen molar-refractivity contribution in [3.8, 4) is 11.8 Å². The highest BCUT2D eigenvalue weighted by atomic mass is 32.2. The van der Waals surface area contributed by atoms with Crippen LogP contribution in [0.15, 0.2) is 35.1 Å². The minimum absolute atomic E-state index is 0.0836. The Morgan fingerprint density at radius 3 is 2.71 bits per heavy atom. The van der Waals surface area contributed by atoms with Crippen LogP contribution in [0.4, 0.5) is 5.82 Å². The molecule has 1 aliphatic heterocycles. The Kier molecular flexibility index (Phi) is 7.56. The molecular formula is C21H26N4O5S. The Morgan fingerprint density at radius 2 is 2.06 bits per heavy atom. The number of anilines is 1. The summed E-state index contributed by atoms with van der Waals surface area (Å²) in [7, 11) is 3.04. The van der Waals surface area contributed by atoms with Gasteiger partial charge < -0.3 is 24.6 Å². The maximum atomic E-state index is 12.1. The van der Waals surface area contributed by atoms with Gasteiger partial charge in [0.1, 0.15) is 17.7 Å². The smallest absolute Gasteiger partial charge is 0.266 e. The molecule has 166 valence electrons. The van der Waals surface area contributed by atoms with Crippen molar-refractivity contribution < 1.29 is 19.3 Å². The first-order chi connectivity index (χ1) is 15.0. The Morgan fingerprint density at radius 1 is 1.32 bits per heavy atom. The summed E-state index contributed by atoms with van der Waals surface area (Å²) in [5.74, 6) is 1.67. The van der Waals surface area contributed by atoms with Crippen LogP contribution in [0.25, 0.3) is 0 Å². The van der Waals surface area contributed by atoms with Gasteiger partial charge in [0.05, 0.1) is 37.4 Å². The fourth-order valence-electron chi connectivity index (χ4n) is 3.65. The molecule has 2 aromatic rings. The Hall–Kier alpha value is -2.58. The van der Waals surface area contributed by atoms with E-state index in [4.69, 9.17) is 14.2 Å². The highest BCUT2D eigenvalue weighted by Gasteiger charge is 2.50. The van der Waals surface area contributed by atoms with Crippen molar-refractivity contribution in [1.82, 2.24) is 9.78 Å². The van der Waals surface area contributed by atoms with Crippen molar-refractivity contribution in [2.75, 3.05) is 44.8 Å². The molecule has 0 amide bonds. The summed E-state index contributed by atoms with van der Waals surface area (Å²) in [6, 6.07) is 9.46. The zero-order valence-corrected chi connectivity index (χ0v) is 18.5. The van der Waals surface area contributed by atoms with Crippen molar-refractivity contribution in [2.24, 2.45) is 0 Å². The molecule has 1 aliphatic rings. The summed E-state index contributed by atoms with van der Waals surface area (Å²) in [4.78, 5) is 12.1. The number of ether oxygens (including phenoxy) is 3. The van der Waals surface area contributed by atoms with E-state index in [-0.39, 0.29) is 18.8 Å². The van der Waals surface area contributed by atoms with Gasteiger partial charge in [-0.25, -0.2) is 4.68 Å². The van der Waals surface area contributed by atoms with Crippen LogP contribution in [-0.2, 0) is 16.0 Å². The van der Waals surface area contributed by atoms with Crippen LogP contribution >= 0.6 is 11.8 Å². The van der Waals surface area contributed by atoms with E-state index in [0.29, 0.717) is 29.2 Å². The number of aliphatic hydroxyl groups excluding tert-OH is 1. The predicted octanol–water partition coefficient (Wildman–Crippen LogP) is 1.42. The third-order valence-electron chi connectivity index (χ3n) is 5.10. The maximum absolute atomic E-state index is 12.1. The molecule has 0 bridgehead atoms. The first kappa shape index (κ1) is 23.1. The lowest BCUT2D eigenvalue weighted by molar-refractivity contribution is -0.142. The number of aromatic nitrogens is 2. The van der Waals surface area contributed by atoms with Crippen LogP contribution in [0.3, 0.4) is 0 Å². The normalized spacial score (nSPS) is 19.2. The average Bonchev–Trinajstić information content (AvgIpc) is 2.77. The van der Waals surface area contributed by atoms with Gasteiger partial charge in [0.25, 0.3) is 5.56 Å². The number of nitrogens with zero attached hydrogens (tertiary/aromatic N) is 3. The second-order valence-electron chi connectivity index (χ2n) is 7.24. The molecule has 0 saturated heterocycles. The molecule has 0 spiro atoms. The van der Waals surface area contributed by atoms with E-state index in [1.165, 1.54) is 25.0 Å². The van der Waals surface area contributed by atoms with E-state index < -0.39 is 17.7 Å². The molecule has 0 aliphatic carbocycles. The van der Waals surface area contributed by atoms with Gasteiger partial charge in [-0.1, -0.05) is 0 Å². The average molecular weight is 447 g/mol. The van der Waals surface area contributed by atoms with E-state index in [9.17, 15) is 15.2 Å². The molecule has 9 nitrogen and oxygen atoms in total. The molecule has 2 N–H and O–H groups in total. The number of nitriles is 1. The fraction of sp³-hybridized carbons (Fsp3) is 0.476. The maximum Gasteiger partial charge on any atom is 0.266 e. The number of rotatable bonds is 9. The number of aliphatic hydroxyl groups is 1. The monoisotopic (exact) mass is 446 g/mol. The van der Waals surface area contributed by atoms with Gasteiger partial charge in [-0.2, -0.15) is 22.1 Å². The first-order valence-corrected chi connectivity index (χ1v) is 11.1. The number of hydrogen-bond donors (Lipinski definition) is 2. The number of benzene rings is 1. The molecule has 0 fully saturated rings. The van der Waals surface area contributed by atoms with Crippen LogP contribution in [0.1, 0.15) is 17.2 Å². The summed E-state index contributed by atoms with van der Waals surface area (Å²) in [5.41, 5.74) is -0.328. The molecule has 0 saturated carbocycles. The molecule has 2 atom stereocenters. The van der Waals surface area contributed by atoms with E-state index in [2.05, 4.69) is 16.5 Å². The lowest BCUT2D eigenvalue weighted by Crippen LogP contribution is -2.60. The SMILES string of the molecule is COCC1(COC)Oc2ccc(C#N)cc2[C@@H](Nc2ccc(=O)n(CCSC)n2)[C@@H]1O. The summed E-state index contributed by atoms with van der Waals surface area (Å²) in [6.07, 6.45) is 0.864. The molecule has 0 unspecified atom stereocenters. The number of hydrogen-bond acceptors (Lipinski definition) is 9. The van der Waals surface area contributed by atoms with Crippen LogP contribution in [-0.4, -0.2) is 66.0 Å². The molecular weight excluding hydrogens is 420 g/mol. The number of fused-ring (bicyclic) bond motifs is 1.